The smallest absolute Gasteiger partial charge is 0.163 e. The lowest BCUT2D eigenvalue weighted by atomic mass is 10.0. The Labute approximate surface area is 108 Å². The molecule has 0 aliphatic heterocycles. The highest BCUT2D eigenvalue weighted by atomic mass is 16.3. The van der Waals surface area contributed by atoms with Gasteiger partial charge in [0.05, 0.1) is 5.69 Å². The first-order valence-electron chi connectivity index (χ1n) is 6.18. The topological polar surface area (TPSA) is 46.0 Å². The predicted octanol–water partition coefficient (Wildman–Crippen LogP) is 3.36. The van der Waals surface area contributed by atoms with E-state index in [0.717, 1.165) is 17.7 Å². The molecule has 94 valence electrons. The number of nitrogens with zero attached hydrogens (tertiary/aromatic N) is 2. The lowest BCUT2D eigenvalue weighted by molar-refractivity contribution is 0.456. The summed E-state index contributed by atoms with van der Waals surface area (Å²) in [6, 6.07) is 7.96. The minimum atomic E-state index is 0.204. The molecule has 1 aromatic carbocycles. The maximum atomic E-state index is 10.2. The Morgan fingerprint density at radius 1 is 1.11 bits per heavy atom. The van der Waals surface area contributed by atoms with Crippen LogP contribution in [0.2, 0.25) is 0 Å². The third kappa shape index (κ3) is 2.67. The fourth-order valence-electron chi connectivity index (χ4n) is 1.87. The number of aromatic nitrogens is 2. The number of hydrogen-bond donors (Lipinski definition) is 1. The summed E-state index contributed by atoms with van der Waals surface area (Å²) in [7, 11) is 0. The SMILES string of the molecule is Cc1ccc(-c2ncnc(CC(C)C)c2O)cc1. The number of rotatable bonds is 3. The Hall–Kier alpha value is -1.90. The number of hydrogen-bond acceptors (Lipinski definition) is 3. The van der Waals surface area contributed by atoms with Gasteiger partial charge in [-0.1, -0.05) is 43.7 Å². The molecule has 0 bridgehead atoms. The molecule has 0 saturated carbocycles. The Kier molecular flexibility index (Phi) is 3.60. The highest BCUT2D eigenvalue weighted by molar-refractivity contribution is 5.66. The first-order valence-corrected chi connectivity index (χ1v) is 6.18. The van der Waals surface area contributed by atoms with Gasteiger partial charge in [-0.3, -0.25) is 0 Å². The van der Waals surface area contributed by atoms with Crippen LogP contribution in [0, 0.1) is 12.8 Å². The fourth-order valence-corrected chi connectivity index (χ4v) is 1.87. The van der Waals surface area contributed by atoms with Gasteiger partial charge in [0.25, 0.3) is 0 Å². The van der Waals surface area contributed by atoms with E-state index in [1.807, 2.05) is 31.2 Å². The van der Waals surface area contributed by atoms with E-state index in [0.29, 0.717) is 11.6 Å². The van der Waals surface area contributed by atoms with Crippen LogP contribution >= 0.6 is 0 Å². The first-order chi connectivity index (χ1) is 8.58. The van der Waals surface area contributed by atoms with Gasteiger partial charge in [-0.05, 0) is 19.3 Å². The average molecular weight is 242 g/mol. The lowest BCUT2D eigenvalue weighted by Crippen LogP contribution is -2.00. The molecule has 2 aromatic rings. The molecule has 0 unspecified atom stereocenters. The second-order valence-corrected chi connectivity index (χ2v) is 4.98. The van der Waals surface area contributed by atoms with Crippen molar-refractivity contribution in [1.29, 1.82) is 0 Å². The zero-order valence-electron chi connectivity index (χ0n) is 11.0. The average Bonchev–Trinajstić information content (AvgIpc) is 2.33. The van der Waals surface area contributed by atoms with Crippen LogP contribution in [-0.4, -0.2) is 15.1 Å². The molecule has 18 heavy (non-hydrogen) atoms. The molecule has 2 rings (SSSR count). The normalized spacial score (nSPS) is 10.9. The van der Waals surface area contributed by atoms with Crippen LogP contribution in [0.3, 0.4) is 0 Å². The largest absolute Gasteiger partial charge is 0.504 e. The van der Waals surface area contributed by atoms with Gasteiger partial charge in [0.15, 0.2) is 5.75 Å². The Morgan fingerprint density at radius 3 is 2.39 bits per heavy atom. The Morgan fingerprint density at radius 2 is 1.78 bits per heavy atom. The van der Waals surface area contributed by atoms with E-state index in [1.165, 1.54) is 11.9 Å². The summed E-state index contributed by atoms with van der Waals surface area (Å²) >= 11 is 0. The molecule has 1 aromatic heterocycles. The van der Waals surface area contributed by atoms with Crippen molar-refractivity contribution in [3.05, 3.63) is 41.9 Å². The van der Waals surface area contributed by atoms with Gasteiger partial charge in [0.2, 0.25) is 0 Å². The van der Waals surface area contributed by atoms with Gasteiger partial charge in [0, 0.05) is 5.56 Å². The molecule has 0 fully saturated rings. The number of aryl methyl sites for hydroxylation is 1. The molecule has 1 heterocycles. The Balaban J connectivity index is 2.42. The highest BCUT2D eigenvalue weighted by Crippen LogP contribution is 2.29. The molecular formula is C15H18N2O. The van der Waals surface area contributed by atoms with Crippen molar-refractivity contribution in [2.45, 2.75) is 27.2 Å². The monoisotopic (exact) mass is 242 g/mol. The molecule has 3 heteroatoms. The molecule has 0 atom stereocenters. The van der Waals surface area contributed by atoms with Gasteiger partial charge >= 0.3 is 0 Å². The molecule has 0 aliphatic carbocycles. The van der Waals surface area contributed by atoms with Crippen molar-refractivity contribution in [2.75, 3.05) is 0 Å². The van der Waals surface area contributed by atoms with Crippen molar-refractivity contribution < 1.29 is 5.11 Å². The molecule has 0 saturated heterocycles. The van der Waals surface area contributed by atoms with Gasteiger partial charge in [0.1, 0.15) is 12.0 Å². The minimum absolute atomic E-state index is 0.204. The van der Waals surface area contributed by atoms with Gasteiger partial charge in [-0.2, -0.15) is 0 Å². The lowest BCUT2D eigenvalue weighted by Gasteiger charge is -2.09. The first kappa shape index (κ1) is 12.6. The van der Waals surface area contributed by atoms with Crippen LogP contribution in [0.4, 0.5) is 0 Å². The second-order valence-electron chi connectivity index (χ2n) is 4.98. The van der Waals surface area contributed by atoms with E-state index in [4.69, 9.17) is 0 Å². The summed E-state index contributed by atoms with van der Waals surface area (Å²) in [5, 5.41) is 10.2. The molecule has 3 nitrogen and oxygen atoms in total. The summed E-state index contributed by atoms with van der Waals surface area (Å²) in [6.45, 7) is 6.24. The number of aromatic hydroxyl groups is 1. The minimum Gasteiger partial charge on any atom is -0.504 e. The van der Waals surface area contributed by atoms with Crippen LogP contribution in [0.1, 0.15) is 25.1 Å². The predicted molar refractivity (Wildman–Crippen MR) is 72.4 cm³/mol. The Bertz CT molecular complexity index is 533. The maximum Gasteiger partial charge on any atom is 0.163 e. The van der Waals surface area contributed by atoms with Crippen LogP contribution in [0.25, 0.3) is 11.3 Å². The van der Waals surface area contributed by atoms with Gasteiger partial charge in [-0.15, -0.1) is 0 Å². The van der Waals surface area contributed by atoms with Crippen molar-refractivity contribution in [2.24, 2.45) is 5.92 Å². The third-order valence-corrected chi connectivity index (χ3v) is 2.82. The van der Waals surface area contributed by atoms with Crippen LogP contribution in [-0.2, 0) is 6.42 Å². The van der Waals surface area contributed by atoms with Crippen molar-refractivity contribution in [1.82, 2.24) is 9.97 Å². The molecule has 0 spiro atoms. The summed E-state index contributed by atoms with van der Waals surface area (Å²) in [4.78, 5) is 8.35. The van der Waals surface area contributed by atoms with E-state index in [2.05, 4.69) is 23.8 Å². The van der Waals surface area contributed by atoms with Crippen LogP contribution in [0.15, 0.2) is 30.6 Å². The van der Waals surface area contributed by atoms with Gasteiger partial charge < -0.3 is 5.11 Å². The van der Waals surface area contributed by atoms with Crippen molar-refractivity contribution in [3.8, 4) is 17.0 Å². The molecule has 0 aliphatic rings. The zero-order chi connectivity index (χ0) is 13.1. The van der Waals surface area contributed by atoms with Gasteiger partial charge in [-0.25, -0.2) is 9.97 Å². The molecule has 0 amide bonds. The summed E-state index contributed by atoms with van der Waals surface area (Å²) in [6.07, 6.45) is 2.28. The van der Waals surface area contributed by atoms with E-state index in [1.54, 1.807) is 0 Å². The third-order valence-electron chi connectivity index (χ3n) is 2.82. The van der Waals surface area contributed by atoms with Crippen LogP contribution < -0.4 is 0 Å². The maximum absolute atomic E-state index is 10.2. The summed E-state index contributed by atoms with van der Waals surface area (Å²) in [5.74, 6) is 0.659. The number of benzene rings is 1. The second kappa shape index (κ2) is 5.17. The zero-order valence-corrected chi connectivity index (χ0v) is 11.0. The van der Waals surface area contributed by atoms with Crippen molar-refractivity contribution in [3.63, 3.8) is 0 Å². The van der Waals surface area contributed by atoms with Crippen LogP contribution in [0.5, 0.6) is 5.75 Å². The van der Waals surface area contributed by atoms with Crippen molar-refractivity contribution >= 4 is 0 Å². The van der Waals surface area contributed by atoms with E-state index in [-0.39, 0.29) is 5.75 Å². The van der Waals surface area contributed by atoms with E-state index >= 15 is 0 Å². The molecular weight excluding hydrogens is 224 g/mol. The quantitative estimate of drug-likeness (QED) is 0.897. The standard InChI is InChI=1S/C15H18N2O/c1-10(2)8-13-15(18)14(17-9-16-13)12-6-4-11(3)5-7-12/h4-7,9-10,18H,8H2,1-3H3. The summed E-state index contributed by atoms with van der Waals surface area (Å²) < 4.78 is 0. The van der Waals surface area contributed by atoms with E-state index < -0.39 is 0 Å². The highest BCUT2D eigenvalue weighted by Gasteiger charge is 2.12. The molecule has 0 radical (unpaired) electrons. The summed E-state index contributed by atoms with van der Waals surface area (Å²) in [5.41, 5.74) is 3.44. The fraction of sp³-hybridized carbons (Fsp3) is 0.333. The van der Waals surface area contributed by atoms with E-state index in [9.17, 15) is 5.11 Å². The molecule has 1 N–H and O–H groups in total.